The maximum absolute atomic E-state index is 12.7. The van der Waals surface area contributed by atoms with Gasteiger partial charge in [-0.2, -0.15) is 0 Å². The van der Waals surface area contributed by atoms with Gasteiger partial charge in [-0.05, 0) is 13.8 Å². The second-order valence-electron chi connectivity index (χ2n) is 5.97. The molecular formula is C12H21N2O8P. The first-order chi connectivity index (χ1) is 10.5. The molecule has 2 N–H and O–H groups in total. The molecule has 2 rings (SSSR count). The zero-order chi connectivity index (χ0) is 17.6. The van der Waals surface area contributed by atoms with Gasteiger partial charge in [0.15, 0.2) is 0 Å². The molecule has 0 radical (unpaired) electrons. The van der Waals surface area contributed by atoms with Crippen LogP contribution in [0, 0.1) is 0 Å². The molecule has 11 heteroatoms. The lowest BCUT2D eigenvalue weighted by Gasteiger charge is -2.37. The molecule has 0 bridgehead atoms. The Hall–Kier alpha value is -1.03. The van der Waals surface area contributed by atoms with Crippen LogP contribution in [0.1, 0.15) is 13.8 Å². The topological polar surface area (TPSA) is 129 Å². The third-order valence-electron chi connectivity index (χ3n) is 4.08. The van der Waals surface area contributed by atoms with Crippen LogP contribution in [0.2, 0.25) is 0 Å². The van der Waals surface area contributed by atoms with Gasteiger partial charge in [-0.1, -0.05) is 0 Å². The highest BCUT2D eigenvalue weighted by Crippen LogP contribution is 2.55. The van der Waals surface area contributed by atoms with E-state index in [0.717, 1.165) is 7.11 Å². The summed E-state index contributed by atoms with van der Waals surface area (Å²) in [7, 11) is -2.87. The number of epoxide rings is 1. The van der Waals surface area contributed by atoms with Gasteiger partial charge < -0.3 is 28.9 Å². The minimum Gasteiger partial charge on any atom is -0.379 e. The molecule has 132 valence electrons. The number of imide groups is 1. The molecular weight excluding hydrogens is 331 g/mol. The number of nitrogens with zero attached hydrogens (tertiary/aromatic N) is 2. The van der Waals surface area contributed by atoms with Crippen molar-refractivity contribution in [3.8, 4) is 0 Å². The van der Waals surface area contributed by atoms with Crippen LogP contribution in [0.4, 0.5) is 4.79 Å². The zero-order valence-electron chi connectivity index (χ0n) is 13.4. The summed E-state index contributed by atoms with van der Waals surface area (Å²) in [5, 5.41) is 0. The van der Waals surface area contributed by atoms with Gasteiger partial charge in [0, 0.05) is 14.2 Å². The third kappa shape index (κ3) is 2.79. The van der Waals surface area contributed by atoms with E-state index in [4.69, 9.17) is 14.2 Å². The number of carbonyl (C=O) groups excluding carboxylic acids is 2. The summed E-state index contributed by atoms with van der Waals surface area (Å²) in [6.07, 6.45) is -0.180. The summed E-state index contributed by atoms with van der Waals surface area (Å²) in [4.78, 5) is 46.6. The van der Waals surface area contributed by atoms with E-state index in [0.29, 0.717) is 11.5 Å². The van der Waals surface area contributed by atoms with E-state index < -0.39 is 37.1 Å². The molecule has 2 saturated heterocycles. The number of carbonyl (C=O) groups is 2. The standard InChI is InChI=1S/C12H21N2O8P/c1-11(2)9(15)14(10(16)13(11)5-8-6-22-8)12(21-4,7-20-3)23(17,18)19/h8H,5-7H2,1-4H3,(H2,17,18,19). The SMILES string of the molecule is COCC(OC)(N1C(=O)N(CC2CO2)C(C)(C)C1=O)P(=O)(O)O. The summed E-state index contributed by atoms with van der Waals surface area (Å²) in [5.74, 6) is -0.773. The van der Waals surface area contributed by atoms with Gasteiger partial charge in [-0.25, -0.2) is 9.69 Å². The number of amides is 3. The third-order valence-corrected chi connectivity index (χ3v) is 5.50. The van der Waals surface area contributed by atoms with Gasteiger partial charge in [-0.15, -0.1) is 0 Å². The van der Waals surface area contributed by atoms with Crippen molar-refractivity contribution >= 4 is 19.5 Å². The van der Waals surface area contributed by atoms with Crippen LogP contribution in [-0.2, 0) is 23.6 Å². The Morgan fingerprint density at radius 3 is 2.35 bits per heavy atom. The number of hydrogen-bond donors (Lipinski definition) is 2. The van der Waals surface area contributed by atoms with Crippen molar-refractivity contribution in [1.82, 2.24) is 9.80 Å². The van der Waals surface area contributed by atoms with Gasteiger partial charge in [0.25, 0.3) is 11.4 Å². The Kier molecular flexibility index (Phi) is 4.62. The fraction of sp³-hybridized carbons (Fsp3) is 0.833. The highest BCUT2D eigenvalue weighted by atomic mass is 31.2. The van der Waals surface area contributed by atoms with Crippen molar-refractivity contribution in [2.45, 2.75) is 31.0 Å². The molecule has 0 saturated carbocycles. The predicted octanol–water partition coefficient (Wildman–Crippen LogP) is -0.448. The molecule has 2 unspecified atom stereocenters. The largest absolute Gasteiger partial charge is 0.381 e. The number of ether oxygens (including phenoxy) is 3. The Bertz CT molecular complexity index is 557. The van der Waals surface area contributed by atoms with Crippen molar-refractivity contribution in [2.24, 2.45) is 0 Å². The van der Waals surface area contributed by atoms with Crippen molar-refractivity contribution in [1.29, 1.82) is 0 Å². The van der Waals surface area contributed by atoms with E-state index in [1.54, 1.807) is 0 Å². The van der Waals surface area contributed by atoms with E-state index in [1.807, 2.05) is 0 Å². The van der Waals surface area contributed by atoms with E-state index in [1.165, 1.54) is 25.9 Å². The molecule has 2 fully saturated rings. The molecule has 2 atom stereocenters. The average molecular weight is 352 g/mol. The van der Waals surface area contributed by atoms with Crippen LogP contribution < -0.4 is 0 Å². The van der Waals surface area contributed by atoms with E-state index >= 15 is 0 Å². The van der Waals surface area contributed by atoms with Crippen LogP contribution in [0.5, 0.6) is 0 Å². The summed E-state index contributed by atoms with van der Waals surface area (Å²) in [6, 6.07) is -0.849. The average Bonchev–Trinajstić information content (AvgIpc) is 3.23. The summed E-state index contributed by atoms with van der Waals surface area (Å²) in [5.41, 5.74) is -3.79. The predicted molar refractivity (Wildman–Crippen MR) is 76.4 cm³/mol. The molecule has 2 heterocycles. The Balaban J connectivity index is 2.48. The van der Waals surface area contributed by atoms with Crippen molar-refractivity contribution in [2.75, 3.05) is 34.0 Å². The van der Waals surface area contributed by atoms with Gasteiger partial charge in [0.1, 0.15) is 12.1 Å². The maximum Gasteiger partial charge on any atom is 0.381 e. The van der Waals surface area contributed by atoms with Crippen molar-refractivity contribution < 1.29 is 38.2 Å². The Morgan fingerprint density at radius 2 is 1.96 bits per heavy atom. The Morgan fingerprint density at radius 1 is 1.39 bits per heavy atom. The fourth-order valence-electron chi connectivity index (χ4n) is 2.56. The van der Waals surface area contributed by atoms with Gasteiger partial charge >= 0.3 is 13.6 Å². The summed E-state index contributed by atoms with van der Waals surface area (Å²) < 4.78 is 26.9. The van der Waals surface area contributed by atoms with Gasteiger partial charge in [0.05, 0.1) is 19.3 Å². The lowest BCUT2D eigenvalue weighted by Crippen LogP contribution is -2.56. The van der Waals surface area contributed by atoms with Crippen LogP contribution in [0.3, 0.4) is 0 Å². The first-order valence-corrected chi connectivity index (χ1v) is 8.51. The molecule has 10 nitrogen and oxygen atoms in total. The van der Waals surface area contributed by atoms with E-state index in [-0.39, 0.29) is 12.6 Å². The molecule has 3 amide bonds. The highest BCUT2D eigenvalue weighted by Gasteiger charge is 2.65. The Labute approximate surface area is 133 Å². The van der Waals surface area contributed by atoms with Crippen LogP contribution >= 0.6 is 7.60 Å². The molecule has 2 aliphatic rings. The number of rotatable bonds is 7. The molecule has 0 spiro atoms. The smallest absolute Gasteiger partial charge is 0.379 e. The molecule has 2 aliphatic heterocycles. The molecule has 0 aromatic carbocycles. The quantitative estimate of drug-likeness (QED) is 0.358. The fourth-order valence-corrected chi connectivity index (χ4v) is 3.54. The second kappa shape index (κ2) is 5.80. The van der Waals surface area contributed by atoms with E-state index in [9.17, 15) is 23.9 Å². The number of methoxy groups -OCH3 is 2. The minimum atomic E-state index is -5.07. The van der Waals surface area contributed by atoms with Crippen LogP contribution in [-0.4, -0.2) is 82.6 Å². The molecule has 0 aromatic rings. The molecule has 0 aromatic heterocycles. The second-order valence-corrected chi connectivity index (χ2v) is 7.76. The summed E-state index contributed by atoms with van der Waals surface area (Å²) in [6.45, 7) is 2.97. The van der Waals surface area contributed by atoms with Gasteiger partial charge in [-0.3, -0.25) is 9.36 Å². The lowest BCUT2D eigenvalue weighted by molar-refractivity contribution is -0.151. The minimum absolute atomic E-state index is 0.155. The van der Waals surface area contributed by atoms with Gasteiger partial charge in [0.2, 0.25) is 0 Å². The van der Waals surface area contributed by atoms with Crippen molar-refractivity contribution in [3.05, 3.63) is 0 Å². The molecule has 0 aliphatic carbocycles. The van der Waals surface area contributed by atoms with Crippen LogP contribution in [0.25, 0.3) is 0 Å². The highest BCUT2D eigenvalue weighted by molar-refractivity contribution is 7.53. The maximum atomic E-state index is 12.7. The first kappa shape index (κ1) is 18.3. The first-order valence-electron chi connectivity index (χ1n) is 6.90. The van der Waals surface area contributed by atoms with Crippen LogP contribution in [0.15, 0.2) is 0 Å². The lowest BCUT2D eigenvalue weighted by atomic mass is 10.0. The molecule has 23 heavy (non-hydrogen) atoms. The number of urea groups is 1. The number of hydrogen-bond acceptors (Lipinski definition) is 6. The van der Waals surface area contributed by atoms with Crippen molar-refractivity contribution in [3.63, 3.8) is 0 Å². The monoisotopic (exact) mass is 352 g/mol. The van der Waals surface area contributed by atoms with E-state index in [2.05, 4.69) is 0 Å². The normalized spacial score (nSPS) is 26.6. The summed E-state index contributed by atoms with van der Waals surface area (Å²) >= 11 is 0. The zero-order valence-corrected chi connectivity index (χ0v) is 14.3.